The minimum atomic E-state index is 0.196. The Balaban J connectivity index is 0.000000243. The molecule has 170 valence electrons. The summed E-state index contributed by atoms with van der Waals surface area (Å²) in [5.41, 5.74) is 16.5. The van der Waals surface area contributed by atoms with Crippen molar-refractivity contribution in [1.29, 1.82) is 0 Å². The van der Waals surface area contributed by atoms with Crippen LogP contribution < -0.4 is 11.5 Å². The first-order chi connectivity index (χ1) is 15.9. The number of hydrogen-bond acceptors (Lipinski definition) is 5. The average molecular weight is 570 g/mol. The fraction of sp³-hybridized carbons (Fsp3) is 0.231. The van der Waals surface area contributed by atoms with Gasteiger partial charge in [-0.3, -0.25) is 14.7 Å². The molecule has 0 amide bonds. The van der Waals surface area contributed by atoms with E-state index in [1.807, 2.05) is 42.5 Å². The molecule has 0 aliphatic carbocycles. The van der Waals surface area contributed by atoms with Crippen LogP contribution in [0.1, 0.15) is 28.8 Å². The number of halogens is 2. The number of benzene rings is 3. The lowest BCUT2D eigenvalue weighted by Crippen LogP contribution is -2.39. The monoisotopic (exact) mass is 568 g/mol. The highest BCUT2D eigenvalue weighted by Gasteiger charge is 2.32. The molecule has 2 aliphatic rings. The highest BCUT2D eigenvalue weighted by atomic mass is 79.9. The molecule has 0 saturated carbocycles. The van der Waals surface area contributed by atoms with Crippen molar-refractivity contribution < 1.29 is 4.79 Å². The summed E-state index contributed by atoms with van der Waals surface area (Å²) in [6.07, 6.45) is 3.12. The van der Waals surface area contributed by atoms with E-state index in [-0.39, 0.29) is 5.78 Å². The first-order valence-corrected chi connectivity index (χ1v) is 12.5. The Bertz CT molecular complexity index is 1180. The zero-order valence-electron chi connectivity index (χ0n) is 18.2. The van der Waals surface area contributed by atoms with E-state index in [0.717, 1.165) is 46.0 Å². The van der Waals surface area contributed by atoms with E-state index in [9.17, 15) is 4.79 Å². The van der Waals surface area contributed by atoms with Crippen LogP contribution >= 0.6 is 31.9 Å². The van der Waals surface area contributed by atoms with Gasteiger partial charge >= 0.3 is 0 Å². The summed E-state index contributed by atoms with van der Waals surface area (Å²) in [4.78, 5) is 19.7. The molecule has 3 aromatic rings. The predicted molar refractivity (Wildman–Crippen MR) is 143 cm³/mol. The number of fused-ring (bicyclic) bond motifs is 1. The lowest BCUT2D eigenvalue weighted by molar-refractivity contribution is 0.0936. The van der Waals surface area contributed by atoms with Gasteiger partial charge in [0, 0.05) is 32.7 Å². The number of aliphatic imine (C=N–C) groups is 1. The summed E-state index contributed by atoms with van der Waals surface area (Å²) in [6.45, 7) is 1.45. The molecule has 33 heavy (non-hydrogen) atoms. The molecule has 2 aliphatic heterocycles. The number of Topliss-reactive ketones (excluding diaryl/α,β-unsaturated/α-hetero) is 1. The first-order valence-electron chi connectivity index (χ1n) is 10.9. The third-order valence-electron chi connectivity index (χ3n) is 5.92. The van der Waals surface area contributed by atoms with Crippen LogP contribution in [0.25, 0.3) is 0 Å². The smallest absolute Gasteiger partial charge is 0.176 e. The zero-order valence-corrected chi connectivity index (χ0v) is 21.3. The maximum Gasteiger partial charge on any atom is 0.176 e. The average Bonchev–Trinajstić information content (AvgIpc) is 3.43. The van der Waals surface area contributed by atoms with Crippen molar-refractivity contribution in [3.05, 3.63) is 86.8 Å². The van der Waals surface area contributed by atoms with E-state index in [1.54, 1.807) is 12.1 Å². The van der Waals surface area contributed by atoms with Crippen molar-refractivity contribution >= 4 is 60.4 Å². The second-order valence-corrected chi connectivity index (χ2v) is 10.1. The standard InChI is InChI=1S/C20H19BrN2O.C6H7BrN2/c21-16-8-9-17-15(11-16)12-18(22-17)19-7-4-10-23(19)13-20(24)14-5-2-1-3-6-14;7-4-1-2-5(8)6(9)3-4/h1-3,5-6,8-9,11,19H,4,7,10,12-13H2;1-3H,8-9H2/t19-;/m0./s1. The van der Waals surface area contributed by atoms with Crippen LogP contribution in [0.3, 0.4) is 0 Å². The fourth-order valence-electron chi connectivity index (χ4n) is 4.22. The number of hydrogen-bond donors (Lipinski definition) is 2. The molecule has 1 fully saturated rings. The van der Waals surface area contributed by atoms with Crippen LogP contribution in [0.15, 0.2) is 80.7 Å². The van der Waals surface area contributed by atoms with Crippen LogP contribution in [-0.4, -0.2) is 35.5 Å². The summed E-state index contributed by atoms with van der Waals surface area (Å²) < 4.78 is 2.05. The fourth-order valence-corrected chi connectivity index (χ4v) is 5.01. The SMILES string of the molecule is Nc1ccc(Br)cc1N.O=C(CN1CCC[C@H]1C1=Nc2ccc(Br)cc2C1)c1ccccc1. The largest absolute Gasteiger partial charge is 0.397 e. The molecule has 2 heterocycles. The van der Waals surface area contributed by atoms with Crippen molar-refractivity contribution in [3.8, 4) is 0 Å². The number of ketones is 1. The number of likely N-dealkylation sites (tertiary alicyclic amines) is 1. The zero-order chi connectivity index (χ0) is 23.4. The van der Waals surface area contributed by atoms with Crippen LogP contribution in [0.2, 0.25) is 0 Å². The van der Waals surface area contributed by atoms with Gasteiger partial charge < -0.3 is 11.5 Å². The second kappa shape index (κ2) is 10.6. The predicted octanol–water partition coefficient (Wildman–Crippen LogP) is 6.04. The van der Waals surface area contributed by atoms with Crippen molar-refractivity contribution in [2.24, 2.45) is 4.99 Å². The molecule has 0 spiro atoms. The quantitative estimate of drug-likeness (QED) is 0.296. The lowest BCUT2D eigenvalue weighted by Gasteiger charge is -2.23. The second-order valence-electron chi connectivity index (χ2n) is 8.24. The summed E-state index contributed by atoms with van der Waals surface area (Å²) >= 11 is 6.79. The van der Waals surface area contributed by atoms with Gasteiger partial charge in [-0.15, -0.1) is 0 Å². The molecule has 0 bridgehead atoms. The Kier molecular flexibility index (Phi) is 7.63. The van der Waals surface area contributed by atoms with E-state index in [2.05, 4.69) is 48.9 Å². The molecule has 1 saturated heterocycles. The highest BCUT2D eigenvalue weighted by Crippen LogP contribution is 2.33. The number of nitrogens with zero attached hydrogens (tertiary/aromatic N) is 2. The number of nitrogens with two attached hydrogens (primary N) is 2. The first kappa shape index (κ1) is 23.7. The molecule has 0 unspecified atom stereocenters. The summed E-state index contributed by atoms with van der Waals surface area (Å²) in [6, 6.07) is 21.5. The van der Waals surface area contributed by atoms with Gasteiger partial charge in [0.15, 0.2) is 5.78 Å². The molecule has 7 heteroatoms. The van der Waals surface area contributed by atoms with Gasteiger partial charge in [0.2, 0.25) is 0 Å². The number of rotatable bonds is 4. The summed E-state index contributed by atoms with van der Waals surface area (Å²) in [5.74, 6) is 0.196. The molecule has 4 N–H and O–H groups in total. The van der Waals surface area contributed by atoms with Gasteiger partial charge in [0.05, 0.1) is 23.6 Å². The number of anilines is 2. The molecular formula is C26H26Br2N4O. The minimum Gasteiger partial charge on any atom is -0.397 e. The van der Waals surface area contributed by atoms with Gasteiger partial charge in [0.1, 0.15) is 0 Å². The molecule has 5 nitrogen and oxygen atoms in total. The van der Waals surface area contributed by atoms with E-state index in [0.29, 0.717) is 24.0 Å². The molecule has 1 atom stereocenters. The molecule has 0 radical (unpaired) electrons. The van der Waals surface area contributed by atoms with Gasteiger partial charge in [-0.2, -0.15) is 0 Å². The van der Waals surface area contributed by atoms with Gasteiger partial charge in [-0.1, -0.05) is 62.2 Å². The lowest BCUT2D eigenvalue weighted by atomic mass is 10.0. The third kappa shape index (κ3) is 5.91. The Labute approximate surface area is 211 Å². The summed E-state index contributed by atoms with van der Waals surface area (Å²) in [5, 5.41) is 0. The van der Waals surface area contributed by atoms with Gasteiger partial charge in [0.25, 0.3) is 0 Å². The van der Waals surface area contributed by atoms with E-state index >= 15 is 0 Å². The number of nitrogen functional groups attached to an aromatic ring is 2. The Morgan fingerprint density at radius 3 is 2.42 bits per heavy atom. The van der Waals surface area contributed by atoms with Crippen LogP contribution in [0.5, 0.6) is 0 Å². The van der Waals surface area contributed by atoms with E-state index in [1.165, 1.54) is 11.3 Å². The van der Waals surface area contributed by atoms with Crippen molar-refractivity contribution in [1.82, 2.24) is 4.90 Å². The third-order valence-corrected chi connectivity index (χ3v) is 6.90. The van der Waals surface area contributed by atoms with Crippen LogP contribution in [-0.2, 0) is 6.42 Å². The van der Waals surface area contributed by atoms with Crippen LogP contribution in [0, 0.1) is 0 Å². The normalized spacial score (nSPS) is 17.2. The maximum atomic E-state index is 12.5. The van der Waals surface area contributed by atoms with Crippen molar-refractivity contribution in [2.45, 2.75) is 25.3 Å². The maximum absolute atomic E-state index is 12.5. The van der Waals surface area contributed by atoms with Crippen molar-refractivity contribution in [3.63, 3.8) is 0 Å². The van der Waals surface area contributed by atoms with Gasteiger partial charge in [-0.25, -0.2) is 0 Å². The summed E-state index contributed by atoms with van der Waals surface area (Å²) in [7, 11) is 0. The Morgan fingerprint density at radius 1 is 0.970 bits per heavy atom. The molecule has 0 aromatic heterocycles. The van der Waals surface area contributed by atoms with Crippen molar-refractivity contribution in [2.75, 3.05) is 24.6 Å². The van der Waals surface area contributed by atoms with Crippen LogP contribution in [0.4, 0.5) is 17.1 Å². The number of carbonyl (C=O) groups excluding carboxylic acids is 1. The Morgan fingerprint density at radius 2 is 1.70 bits per heavy atom. The minimum absolute atomic E-state index is 0.196. The number of carbonyl (C=O) groups is 1. The highest BCUT2D eigenvalue weighted by molar-refractivity contribution is 9.10. The van der Waals surface area contributed by atoms with E-state index in [4.69, 9.17) is 16.5 Å². The molecule has 3 aromatic carbocycles. The Hall–Kier alpha value is -2.48. The van der Waals surface area contributed by atoms with Gasteiger partial charge in [-0.05, 0) is 61.3 Å². The van der Waals surface area contributed by atoms with E-state index < -0.39 is 0 Å². The molecular weight excluding hydrogens is 544 g/mol. The topological polar surface area (TPSA) is 84.7 Å². The molecule has 5 rings (SSSR count).